The number of ether oxygens (including phenoxy) is 4. The molecule has 2 rings (SSSR count). The summed E-state index contributed by atoms with van der Waals surface area (Å²) in [6, 6.07) is 7.91. The standard InChI is InChI=1S/C24H36N2O4/c1-3-14-28-16-8-9-18-30-23-19-25-24(26-20-23)21-10-12-22(13-11-21)29-17-7-5-4-6-15-27-2/h10-13,19-20H,3-9,14-18H2,1-2H3. The summed E-state index contributed by atoms with van der Waals surface area (Å²) in [6.07, 6.45) is 11.0. The molecule has 6 heteroatoms. The van der Waals surface area contributed by atoms with Crippen molar-refractivity contribution < 1.29 is 18.9 Å². The molecular weight excluding hydrogens is 380 g/mol. The molecule has 6 nitrogen and oxygen atoms in total. The van der Waals surface area contributed by atoms with E-state index >= 15 is 0 Å². The molecule has 1 heterocycles. The third-order valence-corrected chi connectivity index (χ3v) is 4.55. The van der Waals surface area contributed by atoms with Crippen molar-refractivity contribution in [3.63, 3.8) is 0 Å². The van der Waals surface area contributed by atoms with E-state index in [2.05, 4.69) is 16.9 Å². The van der Waals surface area contributed by atoms with Crippen molar-refractivity contribution in [1.82, 2.24) is 9.97 Å². The van der Waals surface area contributed by atoms with Crippen molar-refractivity contribution in [2.45, 2.75) is 51.9 Å². The largest absolute Gasteiger partial charge is 0.494 e. The topological polar surface area (TPSA) is 62.7 Å². The predicted molar refractivity (Wildman–Crippen MR) is 119 cm³/mol. The summed E-state index contributed by atoms with van der Waals surface area (Å²) in [5.41, 5.74) is 0.960. The maximum Gasteiger partial charge on any atom is 0.159 e. The zero-order chi connectivity index (χ0) is 21.3. The zero-order valence-electron chi connectivity index (χ0n) is 18.5. The molecule has 2 aromatic rings. The fourth-order valence-electron chi connectivity index (χ4n) is 2.87. The van der Waals surface area contributed by atoms with E-state index in [0.717, 1.165) is 76.3 Å². The van der Waals surface area contributed by atoms with Crippen LogP contribution in [-0.2, 0) is 9.47 Å². The van der Waals surface area contributed by atoms with Crippen LogP contribution in [0.5, 0.6) is 11.5 Å². The van der Waals surface area contributed by atoms with Gasteiger partial charge in [-0.2, -0.15) is 0 Å². The number of nitrogens with zero attached hydrogens (tertiary/aromatic N) is 2. The number of benzene rings is 1. The zero-order valence-corrected chi connectivity index (χ0v) is 18.5. The molecule has 0 aliphatic carbocycles. The second kappa shape index (κ2) is 15.6. The highest BCUT2D eigenvalue weighted by Gasteiger charge is 2.03. The Morgan fingerprint density at radius 3 is 1.93 bits per heavy atom. The van der Waals surface area contributed by atoms with E-state index in [9.17, 15) is 0 Å². The fraction of sp³-hybridized carbons (Fsp3) is 0.583. The fourth-order valence-corrected chi connectivity index (χ4v) is 2.87. The minimum absolute atomic E-state index is 0.649. The molecule has 166 valence electrons. The Bertz CT molecular complexity index is 602. The lowest BCUT2D eigenvalue weighted by Crippen LogP contribution is -2.02. The third kappa shape index (κ3) is 10.0. The first-order valence-electron chi connectivity index (χ1n) is 11.1. The minimum atomic E-state index is 0.649. The molecule has 0 bridgehead atoms. The van der Waals surface area contributed by atoms with Gasteiger partial charge in [0.15, 0.2) is 11.6 Å². The number of rotatable bonds is 17. The molecule has 1 aromatic carbocycles. The lowest BCUT2D eigenvalue weighted by molar-refractivity contribution is 0.127. The Balaban J connectivity index is 1.65. The average Bonchev–Trinajstić information content (AvgIpc) is 2.79. The molecule has 0 spiro atoms. The SMILES string of the molecule is CCCOCCCCOc1cnc(-c2ccc(OCCCCCCOC)cc2)nc1. The molecule has 0 saturated heterocycles. The van der Waals surface area contributed by atoms with E-state index < -0.39 is 0 Å². The molecular formula is C24H36N2O4. The Kier molecular flexibility index (Phi) is 12.6. The van der Waals surface area contributed by atoms with Crippen LogP contribution in [0.2, 0.25) is 0 Å². The van der Waals surface area contributed by atoms with Gasteiger partial charge in [0.2, 0.25) is 0 Å². The summed E-state index contributed by atoms with van der Waals surface area (Å²) in [4.78, 5) is 8.83. The molecule has 0 saturated carbocycles. The summed E-state index contributed by atoms with van der Waals surface area (Å²) < 4.78 is 22.0. The summed E-state index contributed by atoms with van der Waals surface area (Å²) in [5.74, 6) is 2.25. The van der Waals surface area contributed by atoms with Gasteiger partial charge in [0.1, 0.15) is 5.75 Å². The maximum atomic E-state index is 5.81. The van der Waals surface area contributed by atoms with Gasteiger partial charge in [-0.25, -0.2) is 9.97 Å². The second-order valence-electron chi connectivity index (χ2n) is 7.19. The summed E-state index contributed by atoms with van der Waals surface area (Å²) in [6.45, 7) is 5.96. The normalized spacial score (nSPS) is 10.9. The van der Waals surface area contributed by atoms with Gasteiger partial charge in [-0.15, -0.1) is 0 Å². The van der Waals surface area contributed by atoms with E-state index in [1.165, 1.54) is 6.42 Å². The summed E-state index contributed by atoms with van der Waals surface area (Å²) >= 11 is 0. The first kappa shape index (κ1) is 24.1. The minimum Gasteiger partial charge on any atom is -0.494 e. The van der Waals surface area contributed by atoms with Crippen LogP contribution in [0.15, 0.2) is 36.7 Å². The van der Waals surface area contributed by atoms with E-state index in [4.69, 9.17) is 18.9 Å². The number of methoxy groups -OCH3 is 1. The third-order valence-electron chi connectivity index (χ3n) is 4.55. The van der Waals surface area contributed by atoms with E-state index in [-0.39, 0.29) is 0 Å². The Hall–Kier alpha value is -2.18. The molecule has 0 aliphatic heterocycles. The molecule has 0 unspecified atom stereocenters. The number of aromatic nitrogens is 2. The monoisotopic (exact) mass is 416 g/mol. The highest BCUT2D eigenvalue weighted by Crippen LogP contribution is 2.20. The first-order valence-corrected chi connectivity index (χ1v) is 11.1. The van der Waals surface area contributed by atoms with Gasteiger partial charge in [0.25, 0.3) is 0 Å². The molecule has 0 aliphatic rings. The van der Waals surface area contributed by atoms with Crippen LogP contribution in [-0.4, -0.2) is 50.1 Å². The molecule has 0 fully saturated rings. The lowest BCUT2D eigenvalue weighted by atomic mass is 10.2. The van der Waals surface area contributed by atoms with E-state index in [1.807, 2.05) is 24.3 Å². The average molecular weight is 417 g/mol. The van der Waals surface area contributed by atoms with Crippen molar-refractivity contribution in [2.75, 3.05) is 40.1 Å². The lowest BCUT2D eigenvalue weighted by Gasteiger charge is -2.08. The van der Waals surface area contributed by atoms with Crippen LogP contribution in [0.1, 0.15) is 51.9 Å². The molecule has 30 heavy (non-hydrogen) atoms. The van der Waals surface area contributed by atoms with Crippen LogP contribution in [0, 0.1) is 0 Å². The van der Waals surface area contributed by atoms with Crippen molar-refractivity contribution in [3.8, 4) is 22.9 Å². The van der Waals surface area contributed by atoms with Crippen molar-refractivity contribution in [1.29, 1.82) is 0 Å². The Morgan fingerprint density at radius 1 is 0.667 bits per heavy atom. The molecule has 0 amide bonds. The van der Waals surface area contributed by atoms with Crippen LogP contribution in [0.25, 0.3) is 11.4 Å². The van der Waals surface area contributed by atoms with Gasteiger partial charge in [-0.3, -0.25) is 0 Å². The summed E-state index contributed by atoms with van der Waals surface area (Å²) in [5, 5.41) is 0. The quantitative estimate of drug-likeness (QED) is 0.326. The van der Waals surface area contributed by atoms with Gasteiger partial charge in [-0.05, 0) is 62.8 Å². The van der Waals surface area contributed by atoms with Gasteiger partial charge >= 0.3 is 0 Å². The van der Waals surface area contributed by atoms with Gasteiger partial charge in [0, 0.05) is 32.5 Å². The Morgan fingerprint density at radius 2 is 1.27 bits per heavy atom. The predicted octanol–water partition coefficient (Wildman–Crippen LogP) is 5.31. The number of unbranched alkanes of at least 4 members (excludes halogenated alkanes) is 4. The van der Waals surface area contributed by atoms with Crippen molar-refractivity contribution in [2.24, 2.45) is 0 Å². The molecule has 0 atom stereocenters. The van der Waals surface area contributed by atoms with Gasteiger partial charge in [0.05, 0.1) is 25.6 Å². The number of hydrogen-bond acceptors (Lipinski definition) is 6. The summed E-state index contributed by atoms with van der Waals surface area (Å²) in [7, 11) is 1.74. The van der Waals surface area contributed by atoms with Gasteiger partial charge in [-0.1, -0.05) is 13.3 Å². The molecule has 0 radical (unpaired) electrons. The highest BCUT2D eigenvalue weighted by molar-refractivity contribution is 5.56. The van der Waals surface area contributed by atoms with E-state index in [1.54, 1.807) is 19.5 Å². The van der Waals surface area contributed by atoms with Gasteiger partial charge < -0.3 is 18.9 Å². The first-order chi connectivity index (χ1) is 14.8. The van der Waals surface area contributed by atoms with Crippen LogP contribution >= 0.6 is 0 Å². The maximum absolute atomic E-state index is 5.81. The van der Waals surface area contributed by atoms with Crippen molar-refractivity contribution >= 4 is 0 Å². The second-order valence-corrected chi connectivity index (χ2v) is 7.19. The van der Waals surface area contributed by atoms with Crippen molar-refractivity contribution in [3.05, 3.63) is 36.7 Å². The van der Waals surface area contributed by atoms with Crippen LogP contribution in [0.4, 0.5) is 0 Å². The molecule has 1 aromatic heterocycles. The Labute approximate surface area is 180 Å². The molecule has 0 N–H and O–H groups in total. The number of hydrogen-bond donors (Lipinski definition) is 0. The van der Waals surface area contributed by atoms with Crippen LogP contribution in [0.3, 0.4) is 0 Å². The smallest absolute Gasteiger partial charge is 0.159 e. The van der Waals surface area contributed by atoms with Crippen LogP contribution < -0.4 is 9.47 Å². The van der Waals surface area contributed by atoms with E-state index in [0.29, 0.717) is 18.2 Å². The highest BCUT2D eigenvalue weighted by atomic mass is 16.5.